The first-order valence-electron chi connectivity index (χ1n) is 16.0. The van der Waals surface area contributed by atoms with Crippen LogP contribution in [0.1, 0.15) is 0 Å². The Morgan fingerprint density at radius 3 is 1.06 bits per heavy atom. The zero-order valence-corrected chi connectivity index (χ0v) is 44.8. The van der Waals surface area contributed by atoms with Crippen LogP contribution >= 0.6 is 0 Å². The quantitative estimate of drug-likeness (QED) is 0.0390. The molecule has 0 aliphatic carbocycles. The zero-order chi connectivity index (χ0) is 44.1. The maximum atomic E-state index is 13.5. The SMILES string of the molecule is Nc1c(S(=O)(=O)O)cc2cccc(O)c2c1N=Nc1c(NC(=O)Nc2cccc(S(=O)(=O)O)c2N=Nc2c(N)c(S(=O)(=O)O)cc3cccc(O)c23)cccc1S(=O)(=O)O.[Na].[Na].[Na].[Na]. The van der Waals surface area contributed by atoms with Crippen LogP contribution in [0.2, 0.25) is 0 Å². The maximum absolute atomic E-state index is 13.5. The van der Waals surface area contributed by atoms with E-state index in [0.717, 1.165) is 48.5 Å². The number of anilines is 4. The predicted molar refractivity (Wildman–Crippen MR) is 236 cm³/mol. The van der Waals surface area contributed by atoms with E-state index in [-0.39, 0.29) is 140 Å². The number of hydrogen-bond donors (Lipinski definition) is 10. The number of nitrogen functional groups attached to an aromatic ring is 2. The number of amides is 2. The summed E-state index contributed by atoms with van der Waals surface area (Å²) in [7, 11) is -20.4. The predicted octanol–water partition coefficient (Wildman–Crippen LogP) is 4.51. The molecule has 0 saturated carbocycles. The summed E-state index contributed by atoms with van der Waals surface area (Å²) in [6.45, 7) is 0. The second-order valence-electron chi connectivity index (χ2n) is 12.2. The summed E-state index contributed by atoms with van der Waals surface area (Å²) >= 11 is 0. The monoisotopic (exact) mass is 994 g/mol. The van der Waals surface area contributed by atoms with Crippen LogP contribution in [-0.4, -0.2) is 186 Å². The van der Waals surface area contributed by atoms with Crippen molar-refractivity contribution in [3.8, 4) is 11.5 Å². The summed E-state index contributed by atoms with van der Waals surface area (Å²) in [6, 6.07) is 14.0. The van der Waals surface area contributed by atoms with E-state index in [1.165, 1.54) is 36.4 Å². The molecule has 0 aliphatic heterocycles. The van der Waals surface area contributed by atoms with Crippen LogP contribution in [0.4, 0.5) is 50.3 Å². The summed E-state index contributed by atoms with van der Waals surface area (Å²) in [5.74, 6) is -1.01. The summed E-state index contributed by atoms with van der Waals surface area (Å²) in [5, 5.41) is 40.4. The van der Waals surface area contributed by atoms with Crippen LogP contribution in [0.15, 0.2) is 125 Å². The first-order chi connectivity index (χ1) is 27.9. The van der Waals surface area contributed by atoms with Crippen molar-refractivity contribution in [2.75, 3.05) is 22.1 Å². The van der Waals surface area contributed by atoms with Gasteiger partial charge >= 0.3 is 6.03 Å². The number of carbonyl (C=O) groups is 1. The standard InChI is InChI=1S/C33H26N8O15S4.4Na/c34-27-23(59(51,52)53)13-15-5-1-9-19(42)25(15)31(27)40-38-29-17(7-3-11-21(29)57(45,46)47)36-33(44)37-18-8-4-12-22(58(48,49)50)30(18)39-41-32-26-16(6-2-10-20(26)43)14-24(28(32)35)60(54,55)56;;;;/h1-14,42-43H,34-35H2,(H2,36,37,44)(H,45,46,47)(H,48,49,50)(H,51,52,53)(H,54,55,56);;;;. The van der Waals surface area contributed by atoms with Crippen LogP contribution in [0, 0.1) is 0 Å². The maximum Gasteiger partial charge on any atom is 0.323 e. The average Bonchev–Trinajstić information content (AvgIpc) is 3.13. The van der Waals surface area contributed by atoms with Gasteiger partial charge in [0.1, 0.15) is 53.8 Å². The van der Waals surface area contributed by atoms with Gasteiger partial charge < -0.3 is 32.3 Å². The number of nitrogens with two attached hydrogens (primary N) is 2. The third-order valence-electron chi connectivity index (χ3n) is 8.34. The second kappa shape index (κ2) is 21.8. The molecule has 2 amide bonds. The number of nitrogens with zero attached hydrogens (tertiary/aromatic N) is 4. The molecule has 0 heterocycles. The molecular formula is C33H26N8Na4O15S4. The Kier molecular flexibility index (Phi) is 19.6. The molecule has 6 aromatic carbocycles. The van der Waals surface area contributed by atoms with Crippen molar-refractivity contribution in [1.82, 2.24) is 0 Å². The number of fused-ring (bicyclic) bond motifs is 2. The van der Waals surface area contributed by atoms with Gasteiger partial charge in [-0.3, -0.25) is 18.2 Å². The second-order valence-corrected chi connectivity index (χ2v) is 17.8. The zero-order valence-electron chi connectivity index (χ0n) is 33.5. The smallest absolute Gasteiger partial charge is 0.323 e. The molecule has 0 spiro atoms. The third-order valence-corrected chi connectivity index (χ3v) is 11.9. The molecule has 64 heavy (non-hydrogen) atoms. The molecule has 0 unspecified atom stereocenters. The van der Waals surface area contributed by atoms with Gasteiger partial charge in [-0.15, -0.1) is 20.5 Å². The van der Waals surface area contributed by atoms with E-state index in [2.05, 4.69) is 31.1 Å². The van der Waals surface area contributed by atoms with Crippen LogP contribution in [0.3, 0.4) is 0 Å². The molecule has 6 aromatic rings. The van der Waals surface area contributed by atoms with Gasteiger partial charge in [-0.2, -0.15) is 33.7 Å². The van der Waals surface area contributed by atoms with Gasteiger partial charge in [0.2, 0.25) is 0 Å². The van der Waals surface area contributed by atoms with Crippen LogP contribution in [0.25, 0.3) is 21.5 Å². The number of phenolic OH excluding ortho intramolecular Hbond substituents is 2. The minimum Gasteiger partial charge on any atom is -0.507 e. The molecule has 0 aliphatic rings. The Labute approximate surface area is 451 Å². The number of benzene rings is 6. The van der Waals surface area contributed by atoms with Crippen LogP contribution in [0.5, 0.6) is 11.5 Å². The molecule has 316 valence electrons. The number of rotatable bonds is 10. The molecule has 6 rings (SSSR count). The van der Waals surface area contributed by atoms with E-state index < -0.39 is 123 Å². The van der Waals surface area contributed by atoms with E-state index in [0.29, 0.717) is 0 Å². The molecule has 0 bridgehead atoms. The fourth-order valence-corrected chi connectivity index (χ4v) is 8.38. The summed E-state index contributed by atoms with van der Waals surface area (Å²) < 4.78 is 138. The number of nitrogens with one attached hydrogen (secondary N) is 2. The van der Waals surface area contributed by atoms with Crippen molar-refractivity contribution in [2.45, 2.75) is 19.6 Å². The molecule has 0 atom stereocenters. The van der Waals surface area contributed by atoms with E-state index in [9.17, 15) is 66.9 Å². The number of urea groups is 1. The molecule has 4 radical (unpaired) electrons. The molecule has 0 fully saturated rings. The van der Waals surface area contributed by atoms with E-state index in [1.54, 1.807) is 0 Å². The van der Waals surface area contributed by atoms with E-state index in [4.69, 9.17) is 11.5 Å². The first-order valence-corrected chi connectivity index (χ1v) is 21.8. The van der Waals surface area contributed by atoms with Crippen molar-refractivity contribution in [2.24, 2.45) is 20.5 Å². The van der Waals surface area contributed by atoms with E-state index >= 15 is 0 Å². The average molecular weight is 995 g/mol. The Morgan fingerprint density at radius 2 is 0.750 bits per heavy atom. The number of azo groups is 2. The molecule has 31 heteroatoms. The fourth-order valence-electron chi connectivity index (χ4n) is 5.79. The Morgan fingerprint density at radius 1 is 0.453 bits per heavy atom. The number of aromatic hydroxyl groups is 2. The van der Waals surface area contributed by atoms with Crippen molar-refractivity contribution in [3.05, 3.63) is 84.9 Å². The third kappa shape index (κ3) is 12.4. The summed E-state index contributed by atoms with van der Waals surface area (Å²) in [4.78, 5) is 9.83. The topological polar surface area (TPSA) is 401 Å². The van der Waals surface area contributed by atoms with Crippen molar-refractivity contribution < 1.29 is 66.9 Å². The minimum absolute atomic E-state index is 0. The van der Waals surface area contributed by atoms with E-state index in [1.807, 2.05) is 0 Å². The van der Waals surface area contributed by atoms with Crippen molar-refractivity contribution in [1.29, 1.82) is 0 Å². The Hall–Kier alpha value is -2.85. The number of carbonyl (C=O) groups excluding carboxylic acids is 1. The molecule has 12 N–H and O–H groups in total. The van der Waals surface area contributed by atoms with Crippen LogP contribution < -0.4 is 22.1 Å². The van der Waals surface area contributed by atoms with Crippen LogP contribution in [-0.2, 0) is 40.5 Å². The van der Waals surface area contributed by atoms with Gasteiger partial charge in [0.15, 0.2) is 0 Å². The normalized spacial score (nSPS) is 11.9. The van der Waals surface area contributed by atoms with Crippen molar-refractivity contribution >= 4 is 232 Å². The van der Waals surface area contributed by atoms with Gasteiger partial charge in [0.05, 0.1) is 33.5 Å². The molecule has 23 nitrogen and oxygen atoms in total. The first kappa shape index (κ1) is 57.3. The Bertz CT molecular complexity index is 3140. The van der Waals surface area contributed by atoms with Gasteiger partial charge in [0.25, 0.3) is 40.5 Å². The molecular weight excluding hydrogens is 969 g/mol. The van der Waals surface area contributed by atoms with Gasteiger partial charge in [-0.05, 0) is 59.3 Å². The number of phenols is 2. The minimum atomic E-state index is -5.19. The number of hydrogen-bond acceptors (Lipinski definition) is 17. The summed E-state index contributed by atoms with van der Waals surface area (Å²) in [5.41, 5.74) is 6.58. The Balaban J connectivity index is 0.00000352. The van der Waals surface area contributed by atoms with Gasteiger partial charge in [-0.1, -0.05) is 36.4 Å². The fraction of sp³-hybridized carbons (Fsp3) is 0. The molecule has 0 aromatic heterocycles. The van der Waals surface area contributed by atoms with Gasteiger partial charge in [-0.25, -0.2) is 4.79 Å². The molecule has 0 saturated heterocycles. The van der Waals surface area contributed by atoms with Gasteiger partial charge in [0, 0.05) is 118 Å². The van der Waals surface area contributed by atoms with Crippen molar-refractivity contribution in [3.63, 3.8) is 0 Å². The largest absolute Gasteiger partial charge is 0.507 e. The summed E-state index contributed by atoms with van der Waals surface area (Å²) in [6.07, 6.45) is 0.